The van der Waals surface area contributed by atoms with Crippen molar-refractivity contribution in [1.82, 2.24) is 19.9 Å². The van der Waals surface area contributed by atoms with Crippen molar-refractivity contribution in [1.29, 1.82) is 0 Å². The normalized spacial score (nSPS) is 16.2. The summed E-state index contributed by atoms with van der Waals surface area (Å²) in [5.74, 6) is 0.545. The number of benzene rings is 1. The quantitative estimate of drug-likeness (QED) is 0.695. The number of aryl methyl sites for hydroxylation is 2. The number of imidazole rings is 1. The van der Waals surface area contributed by atoms with Gasteiger partial charge < -0.3 is 15.0 Å². The molecule has 1 saturated heterocycles. The molecule has 6 nitrogen and oxygen atoms in total. The van der Waals surface area contributed by atoms with Gasteiger partial charge in [-0.2, -0.15) is 0 Å². The molecular formula is C22H26FN5O. The second-order valence-corrected chi connectivity index (χ2v) is 7.57. The smallest absolute Gasteiger partial charge is 0.138 e. The van der Waals surface area contributed by atoms with Crippen LogP contribution in [0.3, 0.4) is 0 Å². The van der Waals surface area contributed by atoms with Crippen LogP contribution in [0.4, 0.5) is 10.1 Å². The summed E-state index contributed by atoms with van der Waals surface area (Å²) in [6.07, 6.45) is 2.90. The van der Waals surface area contributed by atoms with Crippen LogP contribution in [0.1, 0.15) is 23.1 Å². The van der Waals surface area contributed by atoms with Crippen LogP contribution in [0.2, 0.25) is 0 Å². The van der Waals surface area contributed by atoms with E-state index in [1.807, 2.05) is 38.2 Å². The summed E-state index contributed by atoms with van der Waals surface area (Å²) in [5, 5.41) is 10.8. The van der Waals surface area contributed by atoms with E-state index >= 15 is 0 Å². The second-order valence-electron chi connectivity index (χ2n) is 7.57. The SMILES string of the molecule is Cc1cnccc1-c1nc(C(O)CN2CCN(c3ccc(F)cc3)CC2)c(C)[nH]1. The van der Waals surface area contributed by atoms with Crippen molar-refractivity contribution in [2.45, 2.75) is 20.0 Å². The Balaban J connectivity index is 1.38. The molecule has 29 heavy (non-hydrogen) atoms. The molecule has 0 bridgehead atoms. The van der Waals surface area contributed by atoms with Crippen molar-refractivity contribution < 1.29 is 9.50 Å². The summed E-state index contributed by atoms with van der Waals surface area (Å²) in [4.78, 5) is 16.6. The molecule has 1 unspecified atom stereocenters. The van der Waals surface area contributed by atoms with Crippen molar-refractivity contribution in [3.05, 3.63) is 65.5 Å². The number of aromatic amines is 1. The van der Waals surface area contributed by atoms with Gasteiger partial charge in [-0.15, -0.1) is 0 Å². The molecule has 152 valence electrons. The summed E-state index contributed by atoms with van der Waals surface area (Å²) >= 11 is 0. The highest BCUT2D eigenvalue weighted by atomic mass is 19.1. The first-order chi connectivity index (χ1) is 14.0. The first-order valence-corrected chi connectivity index (χ1v) is 9.89. The van der Waals surface area contributed by atoms with Crippen LogP contribution < -0.4 is 4.90 Å². The number of aromatic nitrogens is 3. The van der Waals surface area contributed by atoms with Crippen LogP contribution in [0.5, 0.6) is 0 Å². The van der Waals surface area contributed by atoms with E-state index in [4.69, 9.17) is 0 Å². The average molecular weight is 395 g/mol. The molecule has 0 radical (unpaired) electrons. The Bertz CT molecular complexity index is 964. The summed E-state index contributed by atoms with van der Waals surface area (Å²) in [6.45, 7) is 7.85. The topological polar surface area (TPSA) is 68.3 Å². The van der Waals surface area contributed by atoms with E-state index in [1.54, 1.807) is 6.20 Å². The zero-order valence-electron chi connectivity index (χ0n) is 16.8. The average Bonchev–Trinajstić information content (AvgIpc) is 3.11. The van der Waals surface area contributed by atoms with Crippen molar-refractivity contribution in [3.8, 4) is 11.4 Å². The Hall–Kier alpha value is -2.77. The number of nitrogens with one attached hydrogen (secondary N) is 1. The Morgan fingerprint density at radius 2 is 1.83 bits per heavy atom. The zero-order valence-corrected chi connectivity index (χ0v) is 16.8. The van der Waals surface area contributed by atoms with Gasteiger partial charge in [0.05, 0.1) is 5.69 Å². The maximum absolute atomic E-state index is 13.1. The van der Waals surface area contributed by atoms with Gasteiger partial charge in [-0.05, 0) is 49.7 Å². The third-order valence-corrected chi connectivity index (χ3v) is 5.51. The minimum Gasteiger partial charge on any atom is -0.385 e. The molecular weight excluding hydrogens is 369 g/mol. The maximum atomic E-state index is 13.1. The van der Waals surface area contributed by atoms with E-state index in [2.05, 4.69) is 24.8 Å². The Kier molecular flexibility index (Phi) is 5.60. The molecule has 1 fully saturated rings. The minimum atomic E-state index is -0.653. The summed E-state index contributed by atoms with van der Waals surface area (Å²) in [6, 6.07) is 8.55. The summed E-state index contributed by atoms with van der Waals surface area (Å²) in [7, 11) is 0. The molecule has 7 heteroatoms. The van der Waals surface area contributed by atoms with Crippen LogP contribution >= 0.6 is 0 Å². The fraction of sp³-hybridized carbons (Fsp3) is 0.364. The molecule has 1 aromatic carbocycles. The molecule has 4 rings (SSSR count). The van der Waals surface area contributed by atoms with E-state index in [0.717, 1.165) is 54.5 Å². The third-order valence-electron chi connectivity index (χ3n) is 5.51. The van der Waals surface area contributed by atoms with Gasteiger partial charge in [0.25, 0.3) is 0 Å². The van der Waals surface area contributed by atoms with Crippen LogP contribution in [-0.4, -0.2) is 57.7 Å². The summed E-state index contributed by atoms with van der Waals surface area (Å²) < 4.78 is 13.1. The summed E-state index contributed by atoms with van der Waals surface area (Å²) in [5.41, 5.74) is 4.65. The number of rotatable bonds is 5. The molecule has 2 aromatic heterocycles. The number of β-amino-alcohol motifs (C(OH)–C–C–N with tert-alkyl or cyclic N) is 1. The predicted octanol–water partition coefficient (Wildman–Crippen LogP) is 3.08. The number of nitrogens with zero attached hydrogens (tertiary/aromatic N) is 4. The van der Waals surface area contributed by atoms with Crippen molar-refractivity contribution in [2.75, 3.05) is 37.6 Å². The first-order valence-electron chi connectivity index (χ1n) is 9.89. The van der Waals surface area contributed by atoms with Gasteiger partial charge in [0.15, 0.2) is 0 Å². The molecule has 1 aliphatic heterocycles. The molecule has 0 spiro atoms. The van der Waals surface area contributed by atoms with Crippen molar-refractivity contribution >= 4 is 5.69 Å². The van der Waals surface area contributed by atoms with Gasteiger partial charge in [0, 0.05) is 62.1 Å². The van der Waals surface area contributed by atoms with E-state index in [9.17, 15) is 9.50 Å². The number of H-pyrrole nitrogens is 1. The van der Waals surface area contributed by atoms with Gasteiger partial charge in [0.2, 0.25) is 0 Å². The van der Waals surface area contributed by atoms with Crippen LogP contribution in [0.25, 0.3) is 11.4 Å². The molecule has 1 aliphatic rings. The number of hydrogen-bond acceptors (Lipinski definition) is 5. The van der Waals surface area contributed by atoms with Crippen molar-refractivity contribution in [3.63, 3.8) is 0 Å². The van der Waals surface area contributed by atoms with Gasteiger partial charge >= 0.3 is 0 Å². The maximum Gasteiger partial charge on any atom is 0.138 e. The van der Waals surface area contributed by atoms with Gasteiger partial charge in [-0.25, -0.2) is 9.37 Å². The fourth-order valence-corrected chi connectivity index (χ4v) is 3.84. The Labute approximate surface area is 170 Å². The van der Waals surface area contributed by atoms with E-state index < -0.39 is 6.10 Å². The van der Waals surface area contributed by atoms with Crippen LogP contribution in [0, 0.1) is 19.7 Å². The van der Waals surface area contributed by atoms with Crippen LogP contribution in [-0.2, 0) is 0 Å². The predicted molar refractivity (Wildman–Crippen MR) is 111 cm³/mol. The zero-order chi connectivity index (χ0) is 20.4. The number of halogens is 1. The molecule has 3 heterocycles. The lowest BCUT2D eigenvalue weighted by molar-refractivity contribution is 0.106. The fourth-order valence-electron chi connectivity index (χ4n) is 3.84. The van der Waals surface area contributed by atoms with Crippen molar-refractivity contribution in [2.24, 2.45) is 0 Å². The lowest BCUT2D eigenvalue weighted by Crippen LogP contribution is -2.47. The van der Waals surface area contributed by atoms with E-state index in [0.29, 0.717) is 12.2 Å². The third kappa shape index (κ3) is 4.31. The Morgan fingerprint density at radius 1 is 1.10 bits per heavy atom. The number of pyridine rings is 1. The largest absolute Gasteiger partial charge is 0.385 e. The number of anilines is 1. The van der Waals surface area contributed by atoms with E-state index in [-0.39, 0.29) is 5.82 Å². The number of aliphatic hydroxyl groups is 1. The second kappa shape index (κ2) is 8.31. The lowest BCUT2D eigenvalue weighted by atomic mass is 10.1. The lowest BCUT2D eigenvalue weighted by Gasteiger charge is -2.36. The molecule has 0 aliphatic carbocycles. The van der Waals surface area contributed by atoms with Gasteiger partial charge in [-0.1, -0.05) is 0 Å². The highest BCUT2D eigenvalue weighted by molar-refractivity contribution is 5.59. The number of aliphatic hydroxyl groups excluding tert-OH is 1. The molecule has 2 N–H and O–H groups in total. The molecule has 1 atom stereocenters. The number of piperazine rings is 1. The highest BCUT2D eigenvalue weighted by Gasteiger charge is 2.23. The minimum absolute atomic E-state index is 0.216. The number of hydrogen-bond donors (Lipinski definition) is 2. The molecule has 0 amide bonds. The highest BCUT2D eigenvalue weighted by Crippen LogP contribution is 2.25. The molecule has 3 aromatic rings. The van der Waals surface area contributed by atoms with Crippen LogP contribution in [0.15, 0.2) is 42.7 Å². The molecule has 0 saturated carbocycles. The first kappa shape index (κ1) is 19.5. The van der Waals surface area contributed by atoms with E-state index in [1.165, 1.54) is 12.1 Å². The standard InChI is InChI=1S/C22H26FN5O/c1-15-13-24-8-7-19(15)22-25-16(2)21(26-22)20(29)14-27-9-11-28(12-10-27)18-5-3-17(23)4-6-18/h3-8,13,20,29H,9-12,14H2,1-2H3,(H,25,26). The monoisotopic (exact) mass is 395 g/mol. The van der Waals surface area contributed by atoms with Gasteiger partial charge in [-0.3, -0.25) is 9.88 Å². The van der Waals surface area contributed by atoms with Gasteiger partial charge in [0.1, 0.15) is 17.7 Å². The Morgan fingerprint density at radius 3 is 2.52 bits per heavy atom.